The molecule has 0 spiro atoms. The highest BCUT2D eigenvalue weighted by Gasteiger charge is 2.33. The summed E-state index contributed by atoms with van der Waals surface area (Å²) in [6.45, 7) is 4.59. The first-order valence-electron chi connectivity index (χ1n) is 13.3. The lowest BCUT2D eigenvalue weighted by atomic mass is 9.88. The van der Waals surface area contributed by atoms with Gasteiger partial charge in [-0.3, -0.25) is 29.1 Å². The number of aryl methyl sites for hydroxylation is 1. The SMILES string of the molecule is O=C(CN1CCN(CCN2C(=O)c3cccc4cccc(c34)C2=O)CC1)NC1CCCc2ccccc21. The van der Waals surface area contributed by atoms with Crippen molar-refractivity contribution >= 4 is 28.5 Å². The molecule has 0 bridgehead atoms. The lowest BCUT2D eigenvalue weighted by Gasteiger charge is -2.36. The highest BCUT2D eigenvalue weighted by Crippen LogP contribution is 2.30. The van der Waals surface area contributed by atoms with Crippen LogP contribution in [-0.4, -0.2) is 78.2 Å². The third-order valence-electron chi connectivity index (χ3n) is 8.03. The van der Waals surface area contributed by atoms with E-state index in [1.807, 2.05) is 42.5 Å². The number of benzene rings is 3. The molecule has 0 aromatic heterocycles. The molecule has 2 heterocycles. The first-order valence-corrected chi connectivity index (χ1v) is 13.3. The molecule has 3 aromatic rings. The lowest BCUT2D eigenvalue weighted by molar-refractivity contribution is -0.123. The molecule has 7 nitrogen and oxygen atoms in total. The standard InChI is InChI=1S/C30H32N4O3/c35-27(31-26-13-5-7-21-6-1-2-10-23(21)26)20-33-16-14-32(15-17-33)18-19-34-29(36)24-11-3-8-22-9-4-12-25(28(22)24)30(34)37/h1-4,6,8-12,26H,5,7,13-20H2,(H,31,35). The molecule has 6 rings (SSSR count). The number of hydrogen-bond acceptors (Lipinski definition) is 5. The molecule has 1 unspecified atom stereocenters. The topological polar surface area (TPSA) is 73.0 Å². The predicted octanol–water partition coefficient (Wildman–Crippen LogP) is 3.25. The summed E-state index contributed by atoms with van der Waals surface area (Å²) in [6, 6.07) is 19.8. The van der Waals surface area contributed by atoms with Crippen LogP contribution in [0.1, 0.15) is 50.7 Å². The minimum Gasteiger partial charge on any atom is -0.348 e. The molecule has 7 heteroatoms. The van der Waals surface area contributed by atoms with Gasteiger partial charge in [0.25, 0.3) is 11.8 Å². The minimum absolute atomic E-state index is 0.0764. The Morgan fingerprint density at radius 1 is 0.811 bits per heavy atom. The van der Waals surface area contributed by atoms with Gasteiger partial charge >= 0.3 is 0 Å². The number of amides is 3. The first kappa shape index (κ1) is 23.8. The van der Waals surface area contributed by atoms with Gasteiger partial charge in [-0.1, -0.05) is 48.5 Å². The zero-order valence-electron chi connectivity index (χ0n) is 21.0. The van der Waals surface area contributed by atoms with Crippen LogP contribution in [0.5, 0.6) is 0 Å². The number of carbonyl (C=O) groups excluding carboxylic acids is 3. The molecule has 2 aliphatic heterocycles. The number of carbonyl (C=O) groups is 3. The van der Waals surface area contributed by atoms with E-state index in [1.165, 1.54) is 16.0 Å². The average Bonchev–Trinajstić information content (AvgIpc) is 2.92. The summed E-state index contributed by atoms with van der Waals surface area (Å²) in [7, 11) is 0. The van der Waals surface area contributed by atoms with Gasteiger partial charge in [0, 0.05) is 55.8 Å². The molecule has 190 valence electrons. The quantitative estimate of drug-likeness (QED) is 0.531. The first-order chi connectivity index (χ1) is 18.1. The Labute approximate surface area is 217 Å². The van der Waals surface area contributed by atoms with Crippen molar-refractivity contribution < 1.29 is 14.4 Å². The summed E-state index contributed by atoms with van der Waals surface area (Å²) in [5, 5.41) is 4.94. The van der Waals surface area contributed by atoms with Gasteiger partial charge in [0.2, 0.25) is 5.91 Å². The average molecular weight is 497 g/mol. The van der Waals surface area contributed by atoms with Crippen molar-refractivity contribution in [3.05, 3.63) is 82.9 Å². The van der Waals surface area contributed by atoms with Gasteiger partial charge in [-0.15, -0.1) is 0 Å². The number of imide groups is 1. The molecule has 3 aromatic carbocycles. The molecule has 37 heavy (non-hydrogen) atoms. The van der Waals surface area contributed by atoms with Crippen LogP contribution < -0.4 is 5.32 Å². The van der Waals surface area contributed by atoms with E-state index >= 15 is 0 Å². The second kappa shape index (κ2) is 10.1. The van der Waals surface area contributed by atoms with E-state index in [-0.39, 0.29) is 23.8 Å². The number of fused-ring (bicyclic) bond motifs is 1. The molecule has 3 amide bonds. The van der Waals surface area contributed by atoms with Crippen molar-refractivity contribution in [3.63, 3.8) is 0 Å². The Bertz CT molecular complexity index is 1310. The summed E-state index contributed by atoms with van der Waals surface area (Å²) >= 11 is 0. The third kappa shape index (κ3) is 4.65. The zero-order valence-corrected chi connectivity index (χ0v) is 21.0. The molecule has 1 N–H and O–H groups in total. The number of nitrogens with one attached hydrogen (secondary N) is 1. The molecule has 1 aliphatic carbocycles. The van der Waals surface area contributed by atoms with E-state index in [0.717, 1.165) is 56.2 Å². The summed E-state index contributed by atoms with van der Waals surface area (Å²) in [5.41, 5.74) is 3.80. The molecule has 3 aliphatic rings. The monoisotopic (exact) mass is 496 g/mol. The lowest BCUT2D eigenvalue weighted by Crippen LogP contribution is -2.52. The van der Waals surface area contributed by atoms with Gasteiger partial charge in [-0.2, -0.15) is 0 Å². The molecule has 0 radical (unpaired) electrons. The Hall–Kier alpha value is -3.55. The number of hydrogen-bond donors (Lipinski definition) is 1. The van der Waals surface area contributed by atoms with Gasteiger partial charge < -0.3 is 5.32 Å². The van der Waals surface area contributed by atoms with E-state index < -0.39 is 0 Å². The van der Waals surface area contributed by atoms with Crippen molar-refractivity contribution in [2.24, 2.45) is 0 Å². The molecular formula is C30H32N4O3. The number of piperazine rings is 1. The fourth-order valence-electron chi connectivity index (χ4n) is 6.04. The van der Waals surface area contributed by atoms with Crippen LogP contribution in [0.15, 0.2) is 60.7 Å². The number of nitrogens with zero attached hydrogens (tertiary/aromatic N) is 3. The largest absolute Gasteiger partial charge is 0.348 e. The molecule has 1 fully saturated rings. The summed E-state index contributed by atoms with van der Waals surface area (Å²) in [6.07, 6.45) is 3.17. The fraction of sp³-hybridized carbons (Fsp3) is 0.367. The van der Waals surface area contributed by atoms with Crippen LogP contribution in [0.2, 0.25) is 0 Å². The maximum atomic E-state index is 13.1. The second-order valence-electron chi connectivity index (χ2n) is 10.3. The van der Waals surface area contributed by atoms with Crippen molar-refractivity contribution in [2.75, 3.05) is 45.8 Å². The Morgan fingerprint density at radius 2 is 1.49 bits per heavy atom. The van der Waals surface area contributed by atoms with E-state index in [2.05, 4.69) is 33.3 Å². The van der Waals surface area contributed by atoms with Crippen molar-refractivity contribution in [2.45, 2.75) is 25.3 Å². The molecule has 1 saturated heterocycles. The molecule has 1 atom stereocenters. The predicted molar refractivity (Wildman–Crippen MR) is 142 cm³/mol. The Kier molecular flexibility index (Phi) is 6.49. The van der Waals surface area contributed by atoms with Gasteiger partial charge in [-0.05, 0) is 47.9 Å². The highest BCUT2D eigenvalue weighted by molar-refractivity contribution is 6.25. The van der Waals surface area contributed by atoms with Crippen LogP contribution in [-0.2, 0) is 11.2 Å². The van der Waals surface area contributed by atoms with E-state index in [9.17, 15) is 14.4 Å². The Balaban J connectivity index is 1.00. The Morgan fingerprint density at radius 3 is 2.22 bits per heavy atom. The fourth-order valence-corrected chi connectivity index (χ4v) is 6.04. The van der Waals surface area contributed by atoms with Gasteiger partial charge in [0.1, 0.15) is 0 Å². The molecular weight excluding hydrogens is 464 g/mol. The zero-order chi connectivity index (χ0) is 25.4. The minimum atomic E-state index is -0.214. The summed E-state index contributed by atoms with van der Waals surface area (Å²) in [4.78, 5) is 44.9. The van der Waals surface area contributed by atoms with Crippen LogP contribution in [0.25, 0.3) is 10.8 Å². The third-order valence-corrected chi connectivity index (χ3v) is 8.03. The summed E-state index contributed by atoms with van der Waals surface area (Å²) in [5.74, 6) is -0.352. The van der Waals surface area contributed by atoms with Crippen molar-refractivity contribution in [1.82, 2.24) is 20.0 Å². The van der Waals surface area contributed by atoms with Crippen LogP contribution >= 0.6 is 0 Å². The maximum absolute atomic E-state index is 13.1. The van der Waals surface area contributed by atoms with Crippen LogP contribution in [0.3, 0.4) is 0 Å². The van der Waals surface area contributed by atoms with Gasteiger partial charge in [0.15, 0.2) is 0 Å². The normalized spacial score (nSPS) is 20.2. The second-order valence-corrected chi connectivity index (χ2v) is 10.3. The molecule has 0 saturated carbocycles. The van der Waals surface area contributed by atoms with E-state index in [1.54, 1.807) is 0 Å². The van der Waals surface area contributed by atoms with Crippen LogP contribution in [0, 0.1) is 0 Å². The maximum Gasteiger partial charge on any atom is 0.261 e. The smallest absolute Gasteiger partial charge is 0.261 e. The summed E-state index contributed by atoms with van der Waals surface area (Å²) < 4.78 is 0. The van der Waals surface area contributed by atoms with Gasteiger partial charge in [0.05, 0.1) is 12.6 Å². The van der Waals surface area contributed by atoms with E-state index in [0.29, 0.717) is 30.8 Å². The van der Waals surface area contributed by atoms with Crippen molar-refractivity contribution in [1.29, 1.82) is 0 Å². The van der Waals surface area contributed by atoms with Crippen LogP contribution in [0.4, 0.5) is 0 Å². The number of rotatable bonds is 6. The van der Waals surface area contributed by atoms with Crippen molar-refractivity contribution in [3.8, 4) is 0 Å². The van der Waals surface area contributed by atoms with E-state index in [4.69, 9.17) is 0 Å². The van der Waals surface area contributed by atoms with Gasteiger partial charge in [-0.25, -0.2) is 0 Å². The highest BCUT2D eigenvalue weighted by atomic mass is 16.2.